The molecule has 1 aromatic carbocycles. The normalized spacial score (nSPS) is 11.9. The van der Waals surface area contributed by atoms with Crippen LogP contribution in [0.1, 0.15) is 10.6 Å². The van der Waals surface area contributed by atoms with Gasteiger partial charge in [-0.05, 0) is 18.2 Å². The van der Waals surface area contributed by atoms with Crippen LogP contribution in [0.15, 0.2) is 18.2 Å². The first kappa shape index (κ1) is 11.8. The average Bonchev–Trinajstić information content (AvgIpc) is 2.55. The molecule has 0 aliphatic rings. The molecular weight excluding hydrogens is 255 g/mol. The van der Waals surface area contributed by atoms with E-state index in [0.29, 0.717) is 9.71 Å². The van der Waals surface area contributed by atoms with Gasteiger partial charge in [-0.25, -0.2) is 4.98 Å². The van der Waals surface area contributed by atoms with Crippen molar-refractivity contribution in [2.24, 2.45) is 0 Å². The fourth-order valence-corrected chi connectivity index (χ4v) is 2.30. The molecule has 1 N–H and O–H groups in total. The fraction of sp³-hybridized carbons (Fsp3) is 0.200. The van der Waals surface area contributed by atoms with Crippen LogP contribution in [0.2, 0.25) is 0 Å². The zero-order chi connectivity index (χ0) is 12.6. The van der Waals surface area contributed by atoms with Gasteiger partial charge in [-0.15, -0.1) is 11.3 Å². The lowest BCUT2D eigenvalue weighted by atomic mass is 10.2. The molecule has 0 bridgehead atoms. The van der Waals surface area contributed by atoms with Gasteiger partial charge in [0.1, 0.15) is 5.01 Å². The highest BCUT2D eigenvalue weighted by Gasteiger charge is 2.30. The zero-order valence-electron chi connectivity index (χ0n) is 8.28. The number of hydrogen-bond donors (Lipinski definition) is 1. The second-order valence-electron chi connectivity index (χ2n) is 3.36. The van der Waals surface area contributed by atoms with Crippen LogP contribution in [0, 0.1) is 0 Å². The number of fused-ring (bicyclic) bond motifs is 1. The van der Waals surface area contributed by atoms with Crippen molar-refractivity contribution in [3.8, 4) is 0 Å². The Morgan fingerprint density at radius 3 is 2.71 bits per heavy atom. The Labute approximate surface area is 97.5 Å². The molecule has 7 heteroatoms. The molecule has 0 unspecified atom stereocenters. The predicted molar refractivity (Wildman–Crippen MR) is 56.0 cm³/mol. The number of carboxylic acids is 1. The van der Waals surface area contributed by atoms with Gasteiger partial charge in [0.2, 0.25) is 0 Å². The highest BCUT2D eigenvalue weighted by atomic mass is 32.1. The minimum atomic E-state index is -4.41. The minimum Gasteiger partial charge on any atom is -0.481 e. The number of nitrogens with zero attached hydrogens (tertiary/aromatic N) is 1. The number of carboxylic acid groups (broad SMARTS) is 1. The van der Waals surface area contributed by atoms with Crippen LogP contribution < -0.4 is 0 Å². The third kappa shape index (κ3) is 2.55. The van der Waals surface area contributed by atoms with E-state index >= 15 is 0 Å². The monoisotopic (exact) mass is 261 g/mol. The van der Waals surface area contributed by atoms with Crippen LogP contribution in [-0.4, -0.2) is 16.1 Å². The lowest BCUT2D eigenvalue weighted by Crippen LogP contribution is -2.04. The Hall–Kier alpha value is -1.63. The van der Waals surface area contributed by atoms with E-state index in [2.05, 4.69) is 4.98 Å². The van der Waals surface area contributed by atoms with Crippen molar-refractivity contribution in [3.05, 3.63) is 28.8 Å². The van der Waals surface area contributed by atoms with E-state index in [1.54, 1.807) is 0 Å². The van der Waals surface area contributed by atoms with Gasteiger partial charge in [-0.2, -0.15) is 13.2 Å². The number of alkyl halides is 3. The molecule has 17 heavy (non-hydrogen) atoms. The van der Waals surface area contributed by atoms with Gasteiger partial charge < -0.3 is 5.11 Å². The number of thiazole rings is 1. The Morgan fingerprint density at radius 1 is 1.41 bits per heavy atom. The van der Waals surface area contributed by atoms with E-state index in [1.165, 1.54) is 6.07 Å². The summed E-state index contributed by atoms with van der Waals surface area (Å²) in [7, 11) is 0. The van der Waals surface area contributed by atoms with Crippen LogP contribution >= 0.6 is 11.3 Å². The number of aromatic nitrogens is 1. The first-order chi connectivity index (χ1) is 7.86. The van der Waals surface area contributed by atoms with Crippen molar-refractivity contribution >= 4 is 27.5 Å². The van der Waals surface area contributed by atoms with E-state index in [1.807, 2.05) is 0 Å². The summed E-state index contributed by atoms with van der Waals surface area (Å²) in [4.78, 5) is 14.3. The Balaban J connectivity index is 2.44. The van der Waals surface area contributed by atoms with Crippen molar-refractivity contribution in [2.45, 2.75) is 12.6 Å². The first-order valence-corrected chi connectivity index (χ1v) is 5.36. The summed E-state index contributed by atoms with van der Waals surface area (Å²) in [5.41, 5.74) is -0.599. The molecule has 0 saturated carbocycles. The van der Waals surface area contributed by atoms with Crippen molar-refractivity contribution in [2.75, 3.05) is 0 Å². The zero-order valence-corrected chi connectivity index (χ0v) is 9.10. The number of halogens is 3. The van der Waals surface area contributed by atoms with Gasteiger partial charge in [0, 0.05) is 0 Å². The average molecular weight is 261 g/mol. The molecule has 0 aliphatic carbocycles. The smallest absolute Gasteiger partial charge is 0.416 e. The standard InChI is InChI=1S/C10H6F3NO2S/c11-10(12,13)5-1-2-7-6(3-5)14-8(17-7)4-9(15)16/h1-3H,4H2,(H,15,16). The summed E-state index contributed by atoms with van der Waals surface area (Å²) in [6, 6.07) is 3.20. The molecule has 1 aromatic heterocycles. The van der Waals surface area contributed by atoms with E-state index < -0.39 is 17.7 Å². The van der Waals surface area contributed by atoms with Gasteiger partial charge in [0.15, 0.2) is 0 Å². The van der Waals surface area contributed by atoms with E-state index in [0.717, 1.165) is 23.5 Å². The van der Waals surface area contributed by atoms with E-state index in [4.69, 9.17) is 5.11 Å². The quantitative estimate of drug-likeness (QED) is 0.904. The first-order valence-electron chi connectivity index (χ1n) is 4.55. The molecule has 0 spiro atoms. The summed E-state index contributed by atoms with van der Waals surface area (Å²) in [6.45, 7) is 0. The largest absolute Gasteiger partial charge is 0.481 e. The molecule has 2 rings (SSSR count). The Bertz CT molecular complexity index is 576. The molecule has 90 valence electrons. The fourth-order valence-electron chi connectivity index (χ4n) is 1.36. The molecule has 2 aromatic rings. The molecule has 0 fully saturated rings. The number of hydrogen-bond acceptors (Lipinski definition) is 3. The van der Waals surface area contributed by atoms with Gasteiger partial charge in [-0.1, -0.05) is 0 Å². The summed E-state index contributed by atoms with van der Waals surface area (Å²) in [6.07, 6.45) is -4.69. The highest BCUT2D eigenvalue weighted by Crippen LogP contribution is 2.32. The van der Waals surface area contributed by atoms with Crippen molar-refractivity contribution in [3.63, 3.8) is 0 Å². The van der Waals surface area contributed by atoms with Crippen LogP contribution in [0.4, 0.5) is 13.2 Å². The summed E-state index contributed by atoms with van der Waals surface area (Å²) in [5, 5.41) is 8.86. The lowest BCUT2D eigenvalue weighted by molar-refractivity contribution is -0.138. The van der Waals surface area contributed by atoms with Gasteiger partial charge in [-0.3, -0.25) is 4.79 Å². The van der Waals surface area contributed by atoms with Crippen LogP contribution in [0.3, 0.4) is 0 Å². The molecule has 3 nitrogen and oxygen atoms in total. The maximum absolute atomic E-state index is 12.4. The van der Waals surface area contributed by atoms with Gasteiger partial charge >= 0.3 is 12.1 Å². The Kier molecular flexibility index (Phi) is 2.78. The number of rotatable bonds is 2. The third-order valence-corrected chi connectivity index (χ3v) is 3.10. The van der Waals surface area contributed by atoms with Crippen LogP contribution in [-0.2, 0) is 17.4 Å². The molecule has 0 radical (unpaired) electrons. The number of aliphatic carboxylic acids is 1. The highest BCUT2D eigenvalue weighted by molar-refractivity contribution is 7.18. The third-order valence-electron chi connectivity index (χ3n) is 2.06. The lowest BCUT2D eigenvalue weighted by Gasteiger charge is -2.04. The second-order valence-corrected chi connectivity index (χ2v) is 4.47. The SMILES string of the molecule is O=C(O)Cc1nc2cc(C(F)(F)F)ccc2s1. The topological polar surface area (TPSA) is 50.2 Å². The maximum Gasteiger partial charge on any atom is 0.416 e. The van der Waals surface area contributed by atoms with E-state index in [-0.39, 0.29) is 11.9 Å². The molecule has 1 heterocycles. The summed E-state index contributed by atoms with van der Waals surface area (Å²) >= 11 is 1.09. The molecule has 0 aliphatic heterocycles. The minimum absolute atomic E-state index is 0.182. The maximum atomic E-state index is 12.4. The predicted octanol–water partition coefficient (Wildman–Crippen LogP) is 2.94. The van der Waals surface area contributed by atoms with Crippen molar-refractivity contribution < 1.29 is 23.1 Å². The second kappa shape index (κ2) is 3.99. The van der Waals surface area contributed by atoms with Gasteiger partial charge in [0.05, 0.1) is 22.2 Å². The van der Waals surface area contributed by atoms with Crippen LogP contribution in [0.25, 0.3) is 10.2 Å². The Morgan fingerprint density at radius 2 is 2.12 bits per heavy atom. The van der Waals surface area contributed by atoms with Crippen molar-refractivity contribution in [1.29, 1.82) is 0 Å². The van der Waals surface area contributed by atoms with Crippen LogP contribution in [0.5, 0.6) is 0 Å². The van der Waals surface area contributed by atoms with E-state index in [9.17, 15) is 18.0 Å². The molecule has 0 atom stereocenters. The van der Waals surface area contributed by atoms with Crippen molar-refractivity contribution in [1.82, 2.24) is 4.98 Å². The molecule has 0 saturated heterocycles. The summed E-state index contributed by atoms with van der Waals surface area (Å²) < 4.78 is 37.8. The number of carbonyl (C=O) groups is 1. The van der Waals surface area contributed by atoms with Gasteiger partial charge in [0.25, 0.3) is 0 Å². The molecule has 0 amide bonds. The summed E-state index contributed by atoms with van der Waals surface area (Å²) in [5.74, 6) is -1.06. The number of benzene rings is 1. The molecular formula is C10H6F3NO2S.